The minimum Gasteiger partial charge on any atom is -0.245 e. The number of anilines is 1. The van der Waals surface area contributed by atoms with Crippen molar-refractivity contribution in [1.29, 1.82) is 0 Å². The van der Waals surface area contributed by atoms with Gasteiger partial charge in [0.05, 0.1) is 17.1 Å². The Hall–Kier alpha value is -3.79. The van der Waals surface area contributed by atoms with Crippen molar-refractivity contribution in [3.8, 4) is 22.5 Å². The van der Waals surface area contributed by atoms with Crippen LogP contribution in [0.3, 0.4) is 0 Å². The van der Waals surface area contributed by atoms with Gasteiger partial charge in [0.2, 0.25) is 5.95 Å². The Kier molecular flexibility index (Phi) is 7.03. The van der Waals surface area contributed by atoms with Crippen molar-refractivity contribution in [1.82, 2.24) is 9.97 Å². The molecule has 0 radical (unpaired) electrons. The van der Waals surface area contributed by atoms with Crippen molar-refractivity contribution in [2.45, 2.75) is 33.1 Å². The summed E-state index contributed by atoms with van der Waals surface area (Å²) < 4.78 is 0. The molecule has 0 bridgehead atoms. The van der Waals surface area contributed by atoms with Gasteiger partial charge in [-0.1, -0.05) is 98.3 Å². The predicted octanol–water partition coefficient (Wildman–Crippen LogP) is 6.99. The number of hydrogen-bond donors (Lipinski definition) is 1. The van der Waals surface area contributed by atoms with E-state index in [1.54, 1.807) is 0 Å². The fraction of sp³-hybridized carbons (Fsp3) is 0.179. The van der Waals surface area contributed by atoms with E-state index in [1.807, 2.05) is 49.4 Å². The fourth-order valence-corrected chi connectivity index (χ4v) is 3.50. The second kappa shape index (κ2) is 10.5. The van der Waals surface area contributed by atoms with Gasteiger partial charge in [-0.15, -0.1) is 0 Å². The molecule has 0 aliphatic rings. The third-order valence-electron chi connectivity index (χ3n) is 5.38. The third-order valence-corrected chi connectivity index (χ3v) is 5.38. The van der Waals surface area contributed by atoms with Crippen molar-refractivity contribution < 1.29 is 0 Å². The summed E-state index contributed by atoms with van der Waals surface area (Å²) in [4.78, 5) is 9.43. The van der Waals surface area contributed by atoms with E-state index in [9.17, 15) is 0 Å². The van der Waals surface area contributed by atoms with Crippen LogP contribution >= 0.6 is 0 Å². The number of aryl methyl sites for hydroxylation is 1. The Bertz CT molecular complexity index is 1110. The lowest BCUT2D eigenvalue weighted by Gasteiger charge is -2.09. The maximum absolute atomic E-state index is 4.71. The fourth-order valence-electron chi connectivity index (χ4n) is 3.50. The van der Waals surface area contributed by atoms with Gasteiger partial charge >= 0.3 is 0 Å². The van der Waals surface area contributed by atoms with Gasteiger partial charge in [0.15, 0.2) is 0 Å². The molecule has 4 rings (SSSR count). The molecule has 3 aromatic carbocycles. The zero-order valence-corrected chi connectivity index (χ0v) is 18.6. The lowest BCUT2D eigenvalue weighted by Crippen LogP contribution is -2.04. The molecule has 160 valence electrons. The summed E-state index contributed by atoms with van der Waals surface area (Å²) in [6.45, 7) is 4.21. The quantitative estimate of drug-likeness (QED) is 0.247. The number of nitrogens with one attached hydrogen (secondary N) is 1. The zero-order chi connectivity index (χ0) is 22.2. The van der Waals surface area contributed by atoms with Gasteiger partial charge in [0.1, 0.15) is 0 Å². The van der Waals surface area contributed by atoms with E-state index >= 15 is 0 Å². The molecular weight excluding hydrogens is 392 g/mol. The minimum atomic E-state index is 0.476. The average Bonchev–Trinajstić information content (AvgIpc) is 2.87. The Morgan fingerprint density at radius 2 is 1.34 bits per heavy atom. The van der Waals surface area contributed by atoms with Gasteiger partial charge < -0.3 is 0 Å². The number of hydrogen-bond acceptors (Lipinski definition) is 4. The smallest absolute Gasteiger partial charge is 0.244 e. The highest BCUT2D eigenvalue weighted by Gasteiger charge is 2.08. The van der Waals surface area contributed by atoms with E-state index in [2.05, 4.69) is 66.0 Å². The molecule has 0 unspecified atom stereocenters. The molecule has 1 N–H and O–H groups in total. The van der Waals surface area contributed by atoms with Gasteiger partial charge in [-0.3, -0.25) is 0 Å². The number of nitrogens with zero attached hydrogens (tertiary/aromatic N) is 3. The van der Waals surface area contributed by atoms with E-state index in [0.717, 1.165) is 40.2 Å². The molecule has 0 aliphatic carbocycles. The maximum atomic E-state index is 4.71. The first kappa shape index (κ1) is 21.4. The molecule has 4 aromatic rings. The van der Waals surface area contributed by atoms with Crippen LogP contribution in [0.2, 0.25) is 0 Å². The van der Waals surface area contributed by atoms with Gasteiger partial charge in [0, 0.05) is 11.1 Å². The van der Waals surface area contributed by atoms with Crippen LogP contribution in [-0.4, -0.2) is 15.7 Å². The predicted molar refractivity (Wildman–Crippen MR) is 134 cm³/mol. The molecule has 0 saturated carbocycles. The van der Waals surface area contributed by atoms with Gasteiger partial charge in [-0.25, -0.2) is 15.4 Å². The van der Waals surface area contributed by atoms with Crippen molar-refractivity contribution in [2.24, 2.45) is 5.10 Å². The molecule has 0 aliphatic heterocycles. The first-order valence-corrected chi connectivity index (χ1v) is 11.1. The topological polar surface area (TPSA) is 50.2 Å². The standard InChI is InChI=1S/C28H28N4/c1-3-4-11-22-16-18-23(19-17-22)21(2)31-32-28-29-26(24-12-7-5-8-13-24)20-27(30-28)25-14-9-6-10-15-25/h5-10,12-20H,3-4,11H2,1-2H3,(H,29,30,32)/b31-21+. The molecule has 4 heteroatoms. The number of unbranched alkanes of at least 4 members (excludes halogenated alkanes) is 1. The maximum Gasteiger partial charge on any atom is 0.244 e. The molecule has 0 fully saturated rings. The lowest BCUT2D eigenvalue weighted by atomic mass is 10.0. The zero-order valence-electron chi connectivity index (χ0n) is 18.6. The molecule has 0 atom stereocenters. The Balaban J connectivity index is 1.61. The molecular formula is C28H28N4. The first-order chi connectivity index (χ1) is 15.7. The number of hydrazone groups is 1. The average molecular weight is 421 g/mol. The Morgan fingerprint density at radius 3 is 1.88 bits per heavy atom. The van der Waals surface area contributed by atoms with Crippen molar-refractivity contribution >= 4 is 11.7 Å². The largest absolute Gasteiger partial charge is 0.245 e. The summed E-state index contributed by atoms with van der Waals surface area (Å²) in [6, 6.07) is 30.9. The van der Waals surface area contributed by atoms with Crippen LogP contribution in [0.4, 0.5) is 5.95 Å². The number of aromatic nitrogens is 2. The van der Waals surface area contributed by atoms with Crippen molar-refractivity contribution in [2.75, 3.05) is 5.43 Å². The lowest BCUT2D eigenvalue weighted by molar-refractivity contribution is 0.795. The highest BCUT2D eigenvalue weighted by atomic mass is 15.4. The minimum absolute atomic E-state index is 0.476. The Morgan fingerprint density at radius 1 is 0.781 bits per heavy atom. The van der Waals surface area contributed by atoms with Crippen LogP contribution in [0.25, 0.3) is 22.5 Å². The van der Waals surface area contributed by atoms with Crippen molar-refractivity contribution in [3.63, 3.8) is 0 Å². The SMILES string of the molecule is CCCCc1ccc(/C(C)=N/Nc2nc(-c3ccccc3)cc(-c3ccccc3)n2)cc1. The van der Waals surface area contributed by atoms with Gasteiger partial charge in [0.25, 0.3) is 0 Å². The number of benzene rings is 3. The van der Waals surface area contributed by atoms with Crippen LogP contribution in [0.15, 0.2) is 96.1 Å². The van der Waals surface area contributed by atoms with Gasteiger partial charge in [-0.05, 0) is 37.0 Å². The molecule has 1 aromatic heterocycles. The molecule has 0 spiro atoms. The highest BCUT2D eigenvalue weighted by molar-refractivity contribution is 5.99. The van der Waals surface area contributed by atoms with Crippen LogP contribution < -0.4 is 5.43 Å². The normalized spacial score (nSPS) is 11.4. The van der Waals surface area contributed by atoms with E-state index in [4.69, 9.17) is 9.97 Å². The molecule has 1 heterocycles. The van der Waals surface area contributed by atoms with E-state index in [0.29, 0.717) is 5.95 Å². The Labute approximate surface area is 190 Å². The third kappa shape index (κ3) is 5.46. The van der Waals surface area contributed by atoms with Crippen molar-refractivity contribution in [3.05, 3.63) is 102 Å². The summed E-state index contributed by atoms with van der Waals surface area (Å²) in [5.41, 5.74) is 10.2. The van der Waals surface area contributed by atoms with Crippen LogP contribution in [-0.2, 0) is 6.42 Å². The van der Waals surface area contributed by atoms with E-state index in [-0.39, 0.29) is 0 Å². The summed E-state index contributed by atoms with van der Waals surface area (Å²) in [6.07, 6.45) is 3.54. The van der Waals surface area contributed by atoms with Crippen LogP contribution in [0.5, 0.6) is 0 Å². The molecule has 0 amide bonds. The highest BCUT2D eigenvalue weighted by Crippen LogP contribution is 2.25. The summed E-state index contributed by atoms with van der Waals surface area (Å²) >= 11 is 0. The second-order valence-corrected chi connectivity index (χ2v) is 7.80. The summed E-state index contributed by atoms with van der Waals surface area (Å²) in [5, 5.41) is 4.57. The second-order valence-electron chi connectivity index (χ2n) is 7.80. The summed E-state index contributed by atoms with van der Waals surface area (Å²) in [5.74, 6) is 0.476. The van der Waals surface area contributed by atoms with E-state index in [1.165, 1.54) is 18.4 Å². The van der Waals surface area contributed by atoms with Crippen LogP contribution in [0, 0.1) is 0 Å². The summed E-state index contributed by atoms with van der Waals surface area (Å²) in [7, 11) is 0. The monoisotopic (exact) mass is 420 g/mol. The first-order valence-electron chi connectivity index (χ1n) is 11.1. The molecule has 0 saturated heterocycles. The van der Waals surface area contributed by atoms with Crippen LogP contribution in [0.1, 0.15) is 37.8 Å². The van der Waals surface area contributed by atoms with E-state index < -0.39 is 0 Å². The molecule has 32 heavy (non-hydrogen) atoms. The van der Waals surface area contributed by atoms with Gasteiger partial charge in [-0.2, -0.15) is 5.10 Å². The molecule has 4 nitrogen and oxygen atoms in total. The number of rotatable bonds is 8.